The molecule has 0 aliphatic carbocycles. The van der Waals surface area contributed by atoms with Crippen LogP contribution in [0.1, 0.15) is 84.0 Å². The second-order valence-corrected chi connectivity index (χ2v) is 6.90. The molecule has 0 rings (SSSR count). The topological polar surface area (TPSA) is 31.5 Å². The zero-order valence-corrected chi connectivity index (χ0v) is 15.3. The van der Waals surface area contributed by atoms with E-state index in [4.69, 9.17) is 0 Å². The van der Waals surface area contributed by atoms with Crippen LogP contribution in [0.25, 0.3) is 0 Å². The molecule has 0 amide bonds. The van der Waals surface area contributed by atoms with Gasteiger partial charge in [-0.15, -0.1) is 0 Å². The Morgan fingerprint density at radius 3 is 1.15 bits per heavy atom. The summed E-state index contributed by atoms with van der Waals surface area (Å²) in [7, 11) is 6.87. The molecule has 0 spiro atoms. The Morgan fingerprint density at radius 1 is 0.550 bits per heavy atom. The van der Waals surface area contributed by atoms with Crippen molar-refractivity contribution in [3.05, 3.63) is 0 Å². The van der Waals surface area contributed by atoms with E-state index in [9.17, 15) is 0 Å². The summed E-state index contributed by atoms with van der Waals surface area (Å²) in [5.41, 5.74) is 0. The van der Waals surface area contributed by atoms with Crippen molar-refractivity contribution in [2.45, 2.75) is 84.0 Å². The highest BCUT2D eigenvalue weighted by atomic mass is 35.5. The monoisotopic (exact) mass is 309 g/mol. The molecule has 0 aliphatic heterocycles. The fraction of sp³-hybridized carbons (Fsp3) is 1.00. The average molecular weight is 310 g/mol. The van der Waals surface area contributed by atoms with E-state index in [1.807, 2.05) is 0 Å². The summed E-state index contributed by atoms with van der Waals surface area (Å²) in [6.07, 6.45) is 17.4. The fourth-order valence-corrected chi connectivity index (χ4v) is 2.43. The first-order valence-corrected chi connectivity index (χ1v) is 8.36. The zero-order chi connectivity index (χ0) is 13.7. The van der Waals surface area contributed by atoms with E-state index >= 15 is 0 Å². The van der Waals surface area contributed by atoms with Crippen LogP contribution in [0.2, 0.25) is 0 Å². The van der Waals surface area contributed by atoms with Gasteiger partial charge < -0.3 is 22.4 Å². The van der Waals surface area contributed by atoms with Gasteiger partial charge in [0, 0.05) is 0 Å². The Labute approximate surface area is 134 Å². The zero-order valence-electron chi connectivity index (χ0n) is 14.5. The molecule has 0 heterocycles. The fourth-order valence-electron chi connectivity index (χ4n) is 2.43. The third-order valence-corrected chi connectivity index (χ3v) is 3.68. The lowest BCUT2D eigenvalue weighted by atomic mass is 10.1. The molecule has 20 heavy (non-hydrogen) atoms. The van der Waals surface area contributed by atoms with E-state index in [0.717, 1.165) is 4.48 Å². The molecule has 0 saturated carbocycles. The first-order valence-electron chi connectivity index (χ1n) is 8.36. The summed E-state index contributed by atoms with van der Waals surface area (Å²) in [5.74, 6) is 0. The molecule has 0 atom stereocenters. The standard InChI is InChI=1S/C17H38N.ClH.H2O/c1-5-6-7-8-9-10-11-12-13-14-15-16-17-18(2,3)4;;/h5-17H2,1-4H3;1H;1H2/q+1;;/p-1. The normalized spacial score (nSPS) is 10.8. The number of unbranched alkanes of at least 4 members (excludes halogenated alkanes) is 11. The highest BCUT2D eigenvalue weighted by Gasteiger charge is 2.04. The molecule has 0 unspecified atom stereocenters. The van der Waals surface area contributed by atoms with E-state index in [0.29, 0.717) is 0 Å². The van der Waals surface area contributed by atoms with Gasteiger partial charge in [-0.2, -0.15) is 0 Å². The summed E-state index contributed by atoms with van der Waals surface area (Å²) in [6, 6.07) is 0. The Balaban J connectivity index is -0.00000144. The van der Waals surface area contributed by atoms with E-state index < -0.39 is 0 Å². The van der Waals surface area contributed by atoms with Crippen molar-refractivity contribution in [3.8, 4) is 0 Å². The van der Waals surface area contributed by atoms with Crippen LogP contribution in [0.4, 0.5) is 0 Å². The van der Waals surface area contributed by atoms with Crippen LogP contribution in [0.3, 0.4) is 0 Å². The molecule has 2 N–H and O–H groups in total. The van der Waals surface area contributed by atoms with E-state index in [1.165, 1.54) is 83.6 Å². The minimum absolute atomic E-state index is 0. The number of hydrogen-bond donors (Lipinski definition) is 0. The van der Waals surface area contributed by atoms with Crippen molar-refractivity contribution in [1.82, 2.24) is 0 Å². The number of rotatable bonds is 13. The molecule has 3 heteroatoms. The molecule has 126 valence electrons. The van der Waals surface area contributed by atoms with Crippen molar-refractivity contribution in [2.75, 3.05) is 27.7 Å². The van der Waals surface area contributed by atoms with Crippen molar-refractivity contribution < 1.29 is 22.4 Å². The van der Waals surface area contributed by atoms with Gasteiger partial charge in [0.05, 0.1) is 27.7 Å². The maximum Gasteiger partial charge on any atom is 0.0780 e. The summed E-state index contributed by atoms with van der Waals surface area (Å²) < 4.78 is 1.12. The predicted molar refractivity (Wildman–Crippen MR) is 87.6 cm³/mol. The van der Waals surface area contributed by atoms with Gasteiger partial charge >= 0.3 is 0 Å². The van der Waals surface area contributed by atoms with Crippen LogP contribution in [0, 0.1) is 0 Å². The Bertz CT molecular complexity index is 169. The predicted octanol–water partition coefficient (Wildman–Crippen LogP) is 1.57. The first kappa shape index (κ1) is 25.2. The Morgan fingerprint density at radius 2 is 0.850 bits per heavy atom. The molecular weight excluding hydrogens is 270 g/mol. The molecule has 0 fully saturated rings. The third-order valence-electron chi connectivity index (χ3n) is 3.68. The van der Waals surface area contributed by atoms with E-state index in [-0.39, 0.29) is 17.9 Å². The number of nitrogens with zero attached hydrogens (tertiary/aromatic N) is 1. The van der Waals surface area contributed by atoms with E-state index in [1.54, 1.807) is 0 Å². The molecule has 0 aromatic rings. The molecule has 0 aliphatic rings. The molecule has 0 bridgehead atoms. The van der Waals surface area contributed by atoms with Crippen molar-refractivity contribution in [2.24, 2.45) is 0 Å². The summed E-state index contributed by atoms with van der Waals surface area (Å²) in [4.78, 5) is 0. The van der Waals surface area contributed by atoms with Gasteiger partial charge in [0.25, 0.3) is 0 Å². The second kappa shape index (κ2) is 17.3. The largest absolute Gasteiger partial charge is 1.00 e. The minimum atomic E-state index is 0. The van der Waals surface area contributed by atoms with Gasteiger partial charge in [-0.1, -0.05) is 71.1 Å². The van der Waals surface area contributed by atoms with Crippen LogP contribution >= 0.6 is 0 Å². The number of halogens is 1. The van der Waals surface area contributed by atoms with Crippen LogP contribution in [0.5, 0.6) is 0 Å². The molecule has 0 aromatic heterocycles. The number of hydrogen-bond acceptors (Lipinski definition) is 0. The quantitative estimate of drug-likeness (QED) is 0.365. The highest BCUT2D eigenvalue weighted by Crippen LogP contribution is 2.12. The van der Waals surface area contributed by atoms with Crippen molar-refractivity contribution in [3.63, 3.8) is 0 Å². The second-order valence-electron chi connectivity index (χ2n) is 6.90. The Kier molecular flexibility index (Phi) is 21.7. The smallest absolute Gasteiger partial charge is 0.0780 e. The summed E-state index contributed by atoms with van der Waals surface area (Å²) in [5, 5.41) is 0. The van der Waals surface area contributed by atoms with Gasteiger partial charge in [-0.25, -0.2) is 0 Å². The van der Waals surface area contributed by atoms with Crippen LogP contribution in [0.15, 0.2) is 0 Å². The van der Waals surface area contributed by atoms with Gasteiger partial charge in [-0.05, 0) is 12.8 Å². The molecular formula is C17H40ClNO. The Hall–Kier alpha value is 0.210. The lowest BCUT2D eigenvalue weighted by Crippen LogP contribution is -3.00. The maximum atomic E-state index is 2.29. The van der Waals surface area contributed by atoms with Crippen molar-refractivity contribution >= 4 is 0 Å². The van der Waals surface area contributed by atoms with E-state index in [2.05, 4.69) is 28.1 Å². The number of quaternary nitrogens is 1. The lowest BCUT2D eigenvalue weighted by molar-refractivity contribution is -0.870. The van der Waals surface area contributed by atoms with Crippen molar-refractivity contribution in [1.29, 1.82) is 0 Å². The lowest BCUT2D eigenvalue weighted by Gasteiger charge is -2.23. The molecule has 0 radical (unpaired) electrons. The molecule has 0 saturated heterocycles. The average Bonchev–Trinajstić information content (AvgIpc) is 2.29. The maximum absolute atomic E-state index is 2.29. The van der Waals surface area contributed by atoms with Gasteiger partial charge in [0.2, 0.25) is 0 Å². The molecule has 2 nitrogen and oxygen atoms in total. The van der Waals surface area contributed by atoms with Crippen LogP contribution < -0.4 is 12.4 Å². The van der Waals surface area contributed by atoms with Crippen LogP contribution in [-0.2, 0) is 0 Å². The van der Waals surface area contributed by atoms with Gasteiger partial charge in [-0.3, -0.25) is 0 Å². The van der Waals surface area contributed by atoms with Crippen LogP contribution in [-0.4, -0.2) is 37.6 Å². The van der Waals surface area contributed by atoms with Gasteiger partial charge in [0.15, 0.2) is 0 Å². The first-order chi connectivity index (χ1) is 8.56. The third kappa shape index (κ3) is 23.3. The highest BCUT2D eigenvalue weighted by molar-refractivity contribution is 4.48. The van der Waals surface area contributed by atoms with Gasteiger partial charge in [0.1, 0.15) is 0 Å². The SMILES string of the molecule is CCCCCCCCCCCCCC[N+](C)(C)C.O.[Cl-]. The minimum Gasteiger partial charge on any atom is -1.00 e. The molecule has 0 aromatic carbocycles. The summed E-state index contributed by atoms with van der Waals surface area (Å²) in [6.45, 7) is 3.62. The summed E-state index contributed by atoms with van der Waals surface area (Å²) >= 11 is 0.